The van der Waals surface area contributed by atoms with E-state index >= 15 is 0 Å². The molecule has 0 saturated carbocycles. The van der Waals surface area contributed by atoms with E-state index in [0.29, 0.717) is 0 Å². The minimum absolute atomic E-state index is 0.128. The number of nitrogens with one attached hydrogen (secondary N) is 1. The van der Waals surface area contributed by atoms with Gasteiger partial charge in [0.2, 0.25) is 0 Å². The number of nitriles is 2. The molecule has 18 heavy (non-hydrogen) atoms. The van der Waals surface area contributed by atoms with Crippen LogP contribution in [0.4, 0.5) is 10.1 Å². The van der Waals surface area contributed by atoms with Crippen molar-refractivity contribution >= 4 is 11.7 Å². The molecule has 0 amide bonds. The summed E-state index contributed by atoms with van der Waals surface area (Å²) in [5, 5.41) is 37.5. The number of phenols is 1. The molecule has 1 aromatic carbocycles. The van der Waals surface area contributed by atoms with Gasteiger partial charge in [0.25, 0.3) is 0 Å². The molecule has 90 valence electrons. The van der Waals surface area contributed by atoms with Crippen LogP contribution in [-0.4, -0.2) is 16.2 Å². The van der Waals surface area contributed by atoms with Gasteiger partial charge in [0, 0.05) is 6.20 Å². The molecule has 1 aromatic rings. The Hall–Kier alpha value is -3.06. The van der Waals surface area contributed by atoms with Crippen LogP contribution >= 0.6 is 0 Å². The van der Waals surface area contributed by atoms with Gasteiger partial charge in [0.1, 0.15) is 29.1 Å². The largest absolute Gasteiger partial charge is 0.505 e. The Morgan fingerprint density at radius 1 is 1.39 bits per heavy atom. The van der Waals surface area contributed by atoms with Gasteiger partial charge in [-0.2, -0.15) is 10.5 Å². The van der Waals surface area contributed by atoms with Crippen molar-refractivity contribution < 1.29 is 19.4 Å². The van der Waals surface area contributed by atoms with Crippen molar-refractivity contribution in [3.8, 4) is 17.9 Å². The van der Waals surface area contributed by atoms with Crippen LogP contribution in [0.25, 0.3) is 0 Å². The molecule has 0 saturated heterocycles. The number of benzene rings is 1. The number of hydrogen-bond donors (Lipinski definition) is 3. The number of halogens is 1. The van der Waals surface area contributed by atoms with E-state index in [0.717, 1.165) is 18.3 Å². The number of anilines is 1. The average Bonchev–Trinajstić information content (AvgIpc) is 2.32. The van der Waals surface area contributed by atoms with Gasteiger partial charge in [-0.3, -0.25) is 0 Å². The molecule has 0 fully saturated rings. The molecule has 0 heterocycles. The number of aromatic hydroxyl groups is 1. The standard InChI is InChI=1S/C11H6FN3O3/c12-7-1-2-8(10(16)9(7)11(17)18)15-5-6(3-13)4-14/h1-2,5,15-16H,(H,17,18). The van der Waals surface area contributed by atoms with Crippen molar-refractivity contribution in [1.29, 1.82) is 10.5 Å². The maximum atomic E-state index is 13.1. The highest BCUT2D eigenvalue weighted by atomic mass is 19.1. The molecule has 7 heteroatoms. The summed E-state index contributed by atoms with van der Waals surface area (Å²) in [6.45, 7) is 0. The Labute approximate surface area is 101 Å². The molecule has 0 unspecified atom stereocenters. The van der Waals surface area contributed by atoms with Crippen molar-refractivity contribution in [2.75, 3.05) is 5.32 Å². The summed E-state index contributed by atoms with van der Waals surface area (Å²) >= 11 is 0. The van der Waals surface area contributed by atoms with Crippen molar-refractivity contribution in [3.05, 3.63) is 35.3 Å². The molecule has 0 atom stereocenters. The number of allylic oxidation sites excluding steroid dienone is 1. The van der Waals surface area contributed by atoms with Gasteiger partial charge in [-0.25, -0.2) is 9.18 Å². The molecular weight excluding hydrogens is 241 g/mol. The first-order valence-corrected chi connectivity index (χ1v) is 4.53. The summed E-state index contributed by atoms with van der Waals surface area (Å²) in [6.07, 6.45) is 0.971. The van der Waals surface area contributed by atoms with E-state index in [1.54, 1.807) is 12.1 Å². The topological polar surface area (TPSA) is 117 Å². The third-order valence-electron chi connectivity index (χ3n) is 1.95. The Morgan fingerprint density at radius 3 is 2.50 bits per heavy atom. The monoisotopic (exact) mass is 247 g/mol. The minimum atomic E-state index is -1.63. The van der Waals surface area contributed by atoms with E-state index < -0.39 is 23.1 Å². The fourth-order valence-electron chi connectivity index (χ4n) is 1.13. The highest BCUT2D eigenvalue weighted by molar-refractivity contribution is 5.93. The lowest BCUT2D eigenvalue weighted by atomic mass is 10.1. The molecule has 0 bridgehead atoms. The van der Waals surface area contributed by atoms with Crippen molar-refractivity contribution in [2.45, 2.75) is 0 Å². The summed E-state index contributed by atoms with van der Waals surface area (Å²) in [4.78, 5) is 10.7. The molecular formula is C11H6FN3O3. The normalized spacial score (nSPS) is 8.83. The maximum absolute atomic E-state index is 13.1. The molecule has 6 nitrogen and oxygen atoms in total. The van der Waals surface area contributed by atoms with E-state index in [2.05, 4.69) is 5.32 Å². The van der Waals surface area contributed by atoms with Crippen molar-refractivity contribution in [2.24, 2.45) is 0 Å². The van der Waals surface area contributed by atoms with Crippen LogP contribution in [-0.2, 0) is 0 Å². The van der Waals surface area contributed by atoms with Crippen LogP contribution in [0.15, 0.2) is 23.9 Å². The third-order valence-corrected chi connectivity index (χ3v) is 1.95. The van der Waals surface area contributed by atoms with Crippen LogP contribution in [0.5, 0.6) is 5.75 Å². The first-order chi connectivity index (χ1) is 8.51. The number of carboxylic acid groups (broad SMARTS) is 1. The van der Waals surface area contributed by atoms with E-state index in [-0.39, 0.29) is 11.3 Å². The lowest BCUT2D eigenvalue weighted by Gasteiger charge is -2.07. The molecule has 0 aliphatic carbocycles. The summed E-state index contributed by atoms with van der Waals surface area (Å²) in [7, 11) is 0. The fraction of sp³-hybridized carbons (Fsp3) is 0. The summed E-state index contributed by atoms with van der Waals surface area (Å²) in [5.41, 5.74) is -1.30. The van der Waals surface area contributed by atoms with Gasteiger partial charge in [-0.1, -0.05) is 0 Å². The van der Waals surface area contributed by atoms with E-state index in [1.165, 1.54) is 0 Å². The van der Waals surface area contributed by atoms with Gasteiger partial charge in [-0.05, 0) is 12.1 Å². The smallest absolute Gasteiger partial charge is 0.342 e. The number of aromatic carboxylic acids is 1. The number of nitrogens with zero attached hydrogens (tertiary/aromatic N) is 2. The second-order valence-corrected chi connectivity index (χ2v) is 3.05. The number of hydrogen-bond acceptors (Lipinski definition) is 5. The number of rotatable bonds is 3. The Bertz CT molecular complexity index is 595. The number of carboxylic acids is 1. The van der Waals surface area contributed by atoms with Crippen LogP contribution in [0.3, 0.4) is 0 Å². The van der Waals surface area contributed by atoms with Gasteiger partial charge < -0.3 is 15.5 Å². The molecule has 0 spiro atoms. The van der Waals surface area contributed by atoms with Crippen LogP contribution < -0.4 is 5.32 Å². The van der Waals surface area contributed by atoms with E-state index in [9.17, 15) is 14.3 Å². The van der Waals surface area contributed by atoms with Gasteiger partial charge in [-0.15, -0.1) is 0 Å². The summed E-state index contributed by atoms with van der Waals surface area (Å²) in [5.74, 6) is -3.53. The molecule has 0 aliphatic heterocycles. The second kappa shape index (κ2) is 5.32. The zero-order chi connectivity index (χ0) is 13.7. The fourth-order valence-corrected chi connectivity index (χ4v) is 1.13. The first kappa shape index (κ1) is 13.0. The van der Waals surface area contributed by atoms with Gasteiger partial charge in [0.15, 0.2) is 5.75 Å². The first-order valence-electron chi connectivity index (χ1n) is 4.53. The third kappa shape index (κ3) is 2.54. The number of carbonyl (C=O) groups is 1. The Balaban J connectivity index is 3.19. The average molecular weight is 247 g/mol. The van der Waals surface area contributed by atoms with Gasteiger partial charge in [0.05, 0.1) is 5.69 Å². The second-order valence-electron chi connectivity index (χ2n) is 3.05. The molecule has 1 rings (SSSR count). The summed E-state index contributed by atoms with van der Waals surface area (Å²) < 4.78 is 13.1. The van der Waals surface area contributed by atoms with E-state index in [4.69, 9.17) is 15.6 Å². The lowest BCUT2D eigenvalue weighted by molar-refractivity contribution is 0.0688. The Kier molecular flexibility index (Phi) is 3.85. The van der Waals surface area contributed by atoms with Gasteiger partial charge >= 0.3 is 5.97 Å². The minimum Gasteiger partial charge on any atom is -0.505 e. The van der Waals surface area contributed by atoms with Crippen LogP contribution in [0, 0.1) is 28.5 Å². The van der Waals surface area contributed by atoms with Crippen LogP contribution in [0.2, 0.25) is 0 Å². The summed E-state index contributed by atoms with van der Waals surface area (Å²) in [6, 6.07) is 5.04. The molecule has 0 aliphatic rings. The van der Waals surface area contributed by atoms with Crippen molar-refractivity contribution in [3.63, 3.8) is 0 Å². The van der Waals surface area contributed by atoms with Crippen molar-refractivity contribution in [1.82, 2.24) is 0 Å². The zero-order valence-electron chi connectivity index (χ0n) is 8.81. The SMILES string of the molecule is N#CC(C#N)=CNc1ccc(F)c(C(=O)O)c1O. The quantitative estimate of drug-likeness (QED) is 0.551. The zero-order valence-corrected chi connectivity index (χ0v) is 8.81. The highest BCUT2D eigenvalue weighted by Gasteiger charge is 2.18. The maximum Gasteiger partial charge on any atom is 0.342 e. The van der Waals surface area contributed by atoms with Crippen LogP contribution in [0.1, 0.15) is 10.4 Å². The predicted molar refractivity (Wildman–Crippen MR) is 58.0 cm³/mol. The molecule has 0 radical (unpaired) electrons. The predicted octanol–water partition coefficient (Wildman–Crippen LogP) is 1.57. The molecule has 3 N–H and O–H groups in total. The Morgan fingerprint density at radius 2 is 2.00 bits per heavy atom. The van der Waals surface area contributed by atoms with E-state index in [1.807, 2.05) is 0 Å². The highest BCUT2D eigenvalue weighted by Crippen LogP contribution is 2.29. The lowest BCUT2D eigenvalue weighted by Crippen LogP contribution is -2.03. The molecule has 0 aromatic heterocycles.